The van der Waals surface area contributed by atoms with Gasteiger partial charge < -0.3 is 15.5 Å². The Hall–Kier alpha value is -2.89. The minimum absolute atomic E-state index is 0.0376. The van der Waals surface area contributed by atoms with Crippen molar-refractivity contribution in [3.63, 3.8) is 0 Å². The lowest BCUT2D eigenvalue weighted by Gasteiger charge is -2.46. The highest BCUT2D eigenvalue weighted by molar-refractivity contribution is 5.98. The van der Waals surface area contributed by atoms with Crippen LogP contribution in [0, 0.1) is 18.8 Å². The van der Waals surface area contributed by atoms with Crippen LogP contribution in [0.1, 0.15) is 67.7 Å². The Labute approximate surface area is 184 Å². The number of carbonyl (C=O) groups is 2. The summed E-state index contributed by atoms with van der Waals surface area (Å²) in [4.78, 5) is 32.0. The van der Waals surface area contributed by atoms with Crippen LogP contribution >= 0.6 is 0 Å². The Morgan fingerprint density at radius 2 is 1.97 bits per heavy atom. The maximum absolute atomic E-state index is 12.7. The molecule has 1 saturated carbocycles. The molecule has 2 aromatic rings. The van der Waals surface area contributed by atoms with Crippen molar-refractivity contribution < 1.29 is 9.59 Å². The number of aromatic nitrogens is 1. The summed E-state index contributed by atoms with van der Waals surface area (Å²) in [5.41, 5.74) is 3.45. The van der Waals surface area contributed by atoms with Crippen molar-refractivity contribution >= 4 is 23.3 Å². The van der Waals surface area contributed by atoms with Crippen LogP contribution in [0.2, 0.25) is 0 Å². The van der Waals surface area contributed by atoms with Crippen molar-refractivity contribution in [2.75, 3.05) is 16.8 Å². The van der Waals surface area contributed by atoms with E-state index in [0.29, 0.717) is 18.0 Å². The van der Waals surface area contributed by atoms with Crippen molar-refractivity contribution in [3.8, 4) is 0 Å². The van der Waals surface area contributed by atoms with E-state index in [2.05, 4.69) is 22.5 Å². The van der Waals surface area contributed by atoms with E-state index in [1.165, 1.54) is 0 Å². The van der Waals surface area contributed by atoms with Crippen molar-refractivity contribution in [3.05, 3.63) is 53.2 Å². The van der Waals surface area contributed by atoms with Gasteiger partial charge in [0.25, 0.3) is 5.91 Å². The van der Waals surface area contributed by atoms with Gasteiger partial charge in [-0.1, -0.05) is 19.9 Å². The van der Waals surface area contributed by atoms with Gasteiger partial charge in [0.05, 0.1) is 6.04 Å². The summed E-state index contributed by atoms with van der Waals surface area (Å²) in [6.45, 7) is 8.50. The molecule has 1 aromatic carbocycles. The Balaban J connectivity index is 1.78. The molecule has 2 amide bonds. The zero-order valence-corrected chi connectivity index (χ0v) is 18.8. The summed E-state index contributed by atoms with van der Waals surface area (Å²) in [5, 5.41) is 6.59. The topological polar surface area (TPSA) is 74.3 Å². The first-order chi connectivity index (χ1) is 14.9. The second kappa shape index (κ2) is 8.69. The fraction of sp³-hybridized carbons (Fsp3) is 0.480. The lowest BCUT2D eigenvalue weighted by molar-refractivity contribution is -0.117. The molecule has 31 heavy (non-hydrogen) atoms. The first-order valence-corrected chi connectivity index (χ1v) is 11.3. The molecule has 0 unspecified atom stereocenters. The van der Waals surface area contributed by atoms with Gasteiger partial charge in [0.15, 0.2) is 0 Å². The minimum Gasteiger partial charge on any atom is -0.363 e. The third-order valence-electron chi connectivity index (χ3n) is 6.42. The zero-order chi connectivity index (χ0) is 22.1. The largest absolute Gasteiger partial charge is 0.363 e. The van der Waals surface area contributed by atoms with E-state index in [0.717, 1.165) is 42.0 Å². The van der Waals surface area contributed by atoms with E-state index in [4.69, 9.17) is 0 Å². The summed E-state index contributed by atoms with van der Waals surface area (Å²) in [5.74, 6) is 1.49. The lowest BCUT2D eigenvalue weighted by atomic mass is 9.79. The summed E-state index contributed by atoms with van der Waals surface area (Å²) in [6.07, 6.45) is 3.19. The molecule has 2 N–H and O–H groups in total. The van der Waals surface area contributed by atoms with Crippen molar-refractivity contribution in [1.82, 2.24) is 10.3 Å². The van der Waals surface area contributed by atoms with E-state index >= 15 is 0 Å². The highest BCUT2D eigenvalue weighted by atomic mass is 16.2. The Kier molecular flexibility index (Phi) is 5.99. The van der Waals surface area contributed by atoms with Crippen LogP contribution < -0.4 is 15.5 Å². The second-order valence-corrected chi connectivity index (χ2v) is 8.89. The first kappa shape index (κ1) is 21.3. The predicted octanol–water partition coefficient (Wildman–Crippen LogP) is 4.46. The normalized spacial score (nSPS) is 22.6. The number of nitrogens with one attached hydrogen (secondary N) is 2. The van der Waals surface area contributed by atoms with E-state index in [-0.39, 0.29) is 29.8 Å². The number of hydrogen-bond donors (Lipinski definition) is 2. The summed E-state index contributed by atoms with van der Waals surface area (Å²) in [6, 6.07) is 11.8. The number of benzene rings is 1. The number of rotatable bonds is 6. The molecule has 1 aliphatic heterocycles. The summed E-state index contributed by atoms with van der Waals surface area (Å²) < 4.78 is 0. The van der Waals surface area contributed by atoms with Gasteiger partial charge in [-0.3, -0.25) is 9.59 Å². The third-order valence-corrected chi connectivity index (χ3v) is 6.42. The van der Waals surface area contributed by atoms with Crippen LogP contribution in [0.4, 0.5) is 11.5 Å². The maximum Gasteiger partial charge on any atom is 0.251 e. The van der Waals surface area contributed by atoms with E-state index in [1.807, 2.05) is 55.1 Å². The van der Waals surface area contributed by atoms with Crippen molar-refractivity contribution in [2.24, 2.45) is 11.8 Å². The van der Waals surface area contributed by atoms with Gasteiger partial charge in [0.1, 0.15) is 5.82 Å². The average Bonchev–Trinajstić information content (AvgIpc) is 3.58. The predicted molar refractivity (Wildman–Crippen MR) is 123 cm³/mol. The van der Waals surface area contributed by atoms with E-state index in [1.54, 1.807) is 6.92 Å². The molecule has 164 valence electrons. The number of hydrogen-bond acceptors (Lipinski definition) is 4. The molecule has 0 spiro atoms. The Bertz CT molecular complexity index is 985. The van der Waals surface area contributed by atoms with E-state index in [9.17, 15) is 9.59 Å². The van der Waals surface area contributed by atoms with Gasteiger partial charge in [-0.15, -0.1) is 0 Å². The number of anilines is 2. The Morgan fingerprint density at radius 1 is 1.19 bits per heavy atom. The molecule has 0 radical (unpaired) electrons. The Morgan fingerprint density at radius 3 is 2.61 bits per heavy atom. The molecule has 0 bridgehead atoms. The number of nitrogens with zero attached hydrogens (tertiary/aromatic N) is 2. The highest BCUT2D eigenvalue weighted by Crippen LogP contribution is 2.50. The summed E-state index contributed by atoms with van der Waals surface area (Å²) >= 11 is 0. The number of amides is 2. The number of fused-ring (bicyclic) bond motifs is 1. The molecule has 0 saturated heterocycles. The fourth-order valence-electron chi connectivity index (χ4n) is 4.83. The number of carbonyl (C=O) groups excluding carboxylic acids is 2. The maximum atomic E-state index is 12.7. The molecule has 3 atom stereocenters. The van der Waals surface area contributed by atoms with Crippen LogP contribution in [0.15, 0.2) is 36.4 Å². The fourth-order valence-corrected chi connectivity index (χ4v) is 4.83. The van der Waals surface area contributed by atoms with Crippen LogP contribution in [-0.2, 0) is 4.79 Å². The number of aryl methyl sites for hydroxylation is 1. The molecule has 1 aromatic heterocycles. The highest BCUT2D eigenvalue weighted by Gasteiger charge is 2.47. The molecule has 2 heterocycles. The monoisotopic (exact) mass is 420 g/mol. The van der Waals surface area contributed by atoms with Gasteiger partial charge in [-0.2, -0.15) is 0 Å². The molecular formula is C25H32N4O2. The lowest BCUT2D eigenvalue weighted by Crippen LogP contribution is -2.51. The molecule has 6 nitrogen and oxygen atoms in total. The van der Waals surface area contributed by atoms with Gasteiger partial charge >= 0.3 is 0 Å². The van der Waals surface area contributed by atoms with Crippen molar-refractivity contribution in [2.45, 2.75) is 59.0 Å². The standard InChI is InChI=1S/C25H32N4O2/c1-5-13-26-25(31)19-11-12-21-20(14-19)23(28-22-8-6-7-15(2)27-22)16(3)24(18-9-10-18)29(21)17(4)30/h6-8,11-12,14,16,18,23-24H,5,9-10,13H2,1-4H3,(H,26,31)(H,27,28)/t16-,23-,24-/m1/s1. The number of pyridine rings is 1. The van der Waals surface area contributed by atoms with Gasteiger partial charge in [0.2, 0.25) is 5.91 Å². The molecule has 1 fully saturated rings. The molecule has 1 aliphatic carbocycles. The quantitative estimate of drug-likeness (QED) is 0.723. The van der Waals surface area contributed by atoms with Crippen LogP contribution in [-0.4, -0.2) is 29.4 Å². The zero-order valence-electron chi connectivity index (χ0n) is 18.8. The first-order valence-electron chi connectivity index (χ1n) is 11.3. The second-order valence-electron chi connectivity index (χ2n) is 8.89. The van der Waals surface area contributed by atoms with Crippen molar-refractivity contribution in [1.29, 1.82) is 0 Å². The van der Waals surface area contributed by atoms with E-state index < -0.39 is 0 Å². The van der Waals surface area contributed by atoms with Gasteiger partial charge in [0, 0.05) is 42.4 Å². The van der Waals surface area contributed by atoms with Gasteiger partial charge in [-0.05, 0) is 68.0 Å². The molecule has 4 rings (SSSR count). The van der Waals surface area contributed by atoms with Crippen LogP contribution in [0.5, 0.6) is 0 Å². The van der Waals surface area contributed by atoms with Crippen LogP contribution in [0.25, 0.3) is 0 Å². The SMILES string of the molecule is CCCNC(=O)c1ccc2c(c1)[C@H](Nc1cccc(C)n1)[C@@H](C)[C@H](C1CC1)N2C(C)=O. The summed E-state index contributed by atoms with van der Waals surface area (Å²) in [7, 11) is 0. The average molecular weight is 421 g/mol. The third kappa shape index (κ3) is 4.29. The van der Waals surface area contributed by atoms with Crippen LogP contribution in [0.3, 0.4) is 0 Å². The smallest absolute Gasteiger partial charge is 0.251 e. The molecular weight excluding hydrogens is 388 g/mol. The van der Waals surface area contributed by atoms with Gasteiger partial charge in [-0.25, -0.2) is 4.98 Å². The minimum atomic E-state index is -0.0802. The molecule has 6 heteroatoms. The molecule has 2 aliphatic rings.